The average molecular weight is 244 g/mol. The molecule has 5 nitrogen and oxygen atoms in total. The van der Waals surface area contributed by atoms with Crippen LogP contribution in [0.2, 0.25) is 0 Å². The standard InChI is InChI=1S/C13H16N4O/c1-9-8-15-11(16-12(9)17(2)3)10-6-5-7-14-13(10)18-4/h5-8H,1-4H3. The minimum Gasteiger partial charge on any atom is -0.480 e. The van der Waals surface area contributed by atoms with Gasteiger partial charge in [0.05, 0.1) is 12.7 Å². The summed E-state index contributed by atoms with van der Waals surface area (Å²) in [6.45, 7) is 1.99. The molecule has 0 unspecified atom stereocenters. The van der Waals surface area contributed by atoms with Gasteiger partial charge in [-0.2, -0.15) is 0 Å². The molecule has 5 heteroatoms. The predicted molar refractivity (Wildman–Crippen MR) is 70.9 cm³/mol. The minimum atomic E-state index is 0.533. The third-order valence-corrected chi connectivity index (χ3v) is 2.57. The molecule has 0 saturated carbocycles. The highest BCUT2D eigenvalue weighted by Gasteiger charge is 2.12. The van der Waals surface area contributed by atoms with Gasteiger partial charge in [0, 0.05) is 32.1 Å². The quantitative estimate of drug-likeness (QED) is 0.825. The Morgan fingerprint density at radius 2 is 2.00 bits per heavy atom. The van der Waals surface area contributed by atoms with Crippen LogP contribution in [0.25, 0.3) is 11.4 Å². The summed E-state index contributed by atoms with van der Waals surface area (Å²) in [6, 6.07) is 3.74. The van der Waals surface area contributed by atoms with Gasteiger partial charge in [0.25, 0.3) is 0 Å². The number of hydrogen-bond acceptors (Lipinski definition) is 5. The van der Waals surface area contributed by atoms with Crippen LogP contribution >= 0.6 is 0 Å². The lowest BCUT2D eigenvalue weighted by atomic mass is 10.2. The molecule has 0 radical (unpaired) electrons. The molecule has 0 atom stereocenters. The van der Waals surface area contributed by atoms with Gasteiger partial charge in [-0.25, -0.2) is 15.0 Å². The van der Waals surface area contributed by atoms with Crippen molar-refractivity contribution in [2.24, 2.45) is 0 Å². The van der Waals surface area contributed by atoms with Crippen molar-refractivity contribution in [3.63, 3.8) is 0 Å². The molecule has 0 aliphatic heterocycles. The van der Waals surface area contributed by atoms with Crippen molar-refractivity contribution >= 4 is 5.82 Å². The van der Waals surface area contributed by atoms with E-state index in [1.54, 1.807) is 13.3 Å². The summed E-state index contributed by atoms with van der Waals surface area (Å²) in [7, 11) is 5.51. The zero-order valence-electron chi connectivity index (χ0n) is 11.0. The molecule has 0 aliphatic carbocycles. The highest BCUT2D eigenvalue weighted by Crippen LogP contribution is 2.26. The first kappa shape index (κ1) is 12.3. The van der Waals surface area contributed by atoms with Crippen molar-refractivity contribution in [2.45, 2.75) is 6.92 Å². The fourth-order valence-electron chi connectivity index (χ4n) is 1.74. The molecule has 0 bridgehead atoms. The number of pyridine rings is 1. The summed E-state index contributed by atoms with van der Waals surface area (Å²) in [4.78, 5) is 15.0. The highest BCUT2D eigenvalue weighted by molar-refractivity contribution is 5.63. The van der Waals surface area contributed by atoms with E-state index in [0.717, 1.165) is 16.9 Å². The van der Waals surface area contributed by atoms with Crippen LogP contribution in [0.4, 0.5) is 5.82 Å². The number of anilines is 1. The highest BCUT2D eigenvalue weighted by atomic mass is 16.5. The van der Waals surface area contributed by atoms with E-state index in [4.69, 9.17) is 4.74 Å². The smallest absolute Gasteiger partial charge is 0.224 e. The third-order valence-electron chi connectivity index (χ3n) is 2.57. The first-order valence-electron chi connectivity index (χ1n) is 5.64. The van der Waals surface area contributed by atoms with Crippen molar-refractivity contribution in [3.8, 4) is 17.3 Å². The van der Waals surface area contributed by atoms with E-state index in [9.17, 15) is 0 Å². The first-order chi connectivity index (χ1) is 8.63. The molecule has 0 N–H and O–H groups in total. The molecule has 0 spiro atoms. The van der Waals surface area contributed by atoms with Crippen LogP contribution in [-0.4, -0.2) is 36.2 Å². The molecule has 18 heavy (non-hydrogen) atoms. The van der Waals surface area contributed by atoms with Crippen LogP contribution in [0, 0.1) is 6.92 Å². The Kier molecular flexibility index (Phi) is 3.41. The number of aromatic nitrogens is 3. The molecule has 2 rings (SSSR count). The van der Waals surface area contributed by atoms with Crippen molar-refractivity contribution in [2.75, 3.05) is 26.1 Å². The van der Waals surface area contributed by atoms with E-state index in [-0.39, 0.29) is 0 Å². The van der Waals surface area contributed by atoms with Crippen molar-refractivity contribution < 1.29 is 4.74 Å². The van der Waals surface area contributed by atoms with Gasteiger partial charge in [-0.1, -0.05) is 0 Å². The van der Waals surface area contributed by atoms with E-state index in [0.29, 0.717) is 11.7 Å². The van der Waals surface area contributed by atoms with Crippen LogP contribution in [0.5, 0.6) is 5.88 Å². The van der Waals surface area contributed by atoms with E-state index in [1.165, 1.54) is 0 Å². The predicted octanol–water partition coefficient (Wildman–Crippen LogP) is 1.92. The molecule has 2 aromatic rings. The number of hydrogen-bond donors (Lipinski definition) is 0. The molecule has 0 aliphatic rings. The minimum absolute atomic E-state index is 0.533. The summed E-state index contributed by atoms with van der Waals surface area (Å²) in [6.07, 6.45) is 3.49. The maximum atomic E-state index is 5.23. The topological polar surface area (TPSA) is 51.1 Å². The molecular formula is C13H16N4O. The monoisotopic (exact) mass is 244 g/mol. The van der Waals surface area contributed by atoms with E-state index in [2.05, 4.69) is 15.0 Å². The van der Waals surface area contributed by atoms with E-state index < -0.39 is 0 Å². The van der Waals surface area contributed by atoms with Gasteiger partial charge in [-0.05, 0) is 19.1 Å². The number of aryl methyl sites for hydroxylation is 1. The summed E-state index contributed by atoms with van der Waals surface area (Å²) >= 11 is 0. The molecule has 0 saturated heterocycles. The second kappa shape index (κ2) is 5.00. The van der Waals surface area contributed by atoms with E-state index >= 15 is 0 Å². The lowest BCUT2D eigenvalue weighted by Gasteiger charge is -2.15. The first-order valence-corrected chi connectivity index (χ1v) is 5.64. The van der Waals surface area contributed by atoms with Gasteiger partial charge in [0.15, 0.2) is 5.82 Å². The van der Waals surface area contributed by atoms with Crippen LogP contribution in [0.3, 0.4) is 0 Å². The lowest BCUT2D eigenvalue weighted by molar-refractivity contribution is 0.399. The van der Waals surface area contributed by atoms with Crippen molar-refractivity contribution in [1.82, 2.24) is 15.0 Å². The Labute approximate surface area is 106 Å². The van der Waals surface area contributed by atoms with Gasteiger partial charge < -0.3 is 9.64 Å². The maximum absolute atomic E-state index is 5.23. The molecular weight excluding hydrogens is 228 g/mol. The average Bonchev–Trinajstić information content (AvgIpc) is 2.39. The summed E-state index contributed by atoms with van der Waals surface area (Å²) in [5, 5.41) is 0. The Morgan fingerprint density at radius 1 is 1.22 bits per heavy atom. The van der Waals surface area contributed by atoms with Gasteiger partial charge in [-0.15, -0.1) is 0 Å². The fourth-order valence-corrected chi connectivity index (χ4v) is 1.74. The normalized spacial score (nSPS) is 10.2. The van der Waals surface area contributed by atoms with Gasteiger partial charge >= 0.3 is 0 Å². The second-order valence-corrected chi connectivity index (χ2v) is 4.15. The molecule has 0 fully saturated rings. The van der Waals surface area contributed by atoms with Crippen LogP contribution in [-0.2, 0) is 0 Å². The zero-order chi connectivity index (χ0) is 13.1. The number of rotatable bonds is 3. The van der Waals surface area contributed by atoms with Gasteiger partial charge in [0.1, 0.15) is 5.82 Å². The Morgan fingerprint density at radius 3 is 2.67 bits per heavy atom. The maximum Gasteiger partial charge on any atom is 0.224 e. The van der Waals surface area contributed by atoms with Crippen LogP contribution in [0.15, 0.2) is 24.5 Å². The lowest BCUT2D eigenvalue weighted by Crippen LogP contribution is -2.13. The van der Waals surface area contributed by atoms with E-state index in [1.807, 2.05) is 44.2 Å². The summed E-state index contributed by atoms with van der Waals surface area (Å²) < 4.78 is 5.23. The summed E-state index contributed by atoms with van der Waals surface area (Å²) in [5.41, 5.74) is 1.83. The molecule has 0 amide bonds. The largest absolute Gasteiger partial charge is 0.480 e. The molecule has 0 aromatic carbocycles. The van der Waals surface area contributed by atoms with Crippen LogP contribution < -0.4 is 9.64 Å². The van der Waals surface area contributed by atoms with Crippen molar-refractivity contribution in [1.29, 1.82) is 0 Å². The van der Waals surface area contributed by atoms with Gasteiger partial charge in [0.2, 0.25) is 5.88 Å². The molecule has 2 heterocycles. The SMILES string of the molecule is COc1ncccc1-c1ncc(C)c(N(C)C)n1. The third kappa shape index (κ3) is 2.25. The van der Waals surface area contributed by atoms with Crippen molar-refractivity contribution in [3.05, 3.63) is 30.1 Å². The van der Waals surface area contributed by atoms with Crippen LogP contribution in [0.1, 0.15) is 5.56 Å². The van der Waals surface area contributed by atoms with Gasteiger partial charge in [-0.3, -0.25) is 0 Å². The zero-order valence-corrected chi connectivity index (χ0v) is 11.0. The summed E-state index contributed by atoms with van der Waals surface area (Å²) in [5.74, 6) is 2.05. The Hall–Kier alpha value is -2.17. The second-order valence-electron chi connectivity index (χ2n) is 4.15. The fraction of sp³-hybridized carbons (Fsp3) is 0.308. The molecule has 94 valence electrons. The molecule has 2 aromatic heterocycles. The Bertz CT molecular complexity index is 554. The number of nitrogens with zero attached hydrogens (tertiary/aromatic N) is 4. The number of ether oxygens (including phenoxy) is 1. The number of methoxy groups -OCH3 is 1. The Balaban J connectivity index is 2.54.